The third-order valence-corrected chi connectivity index (χ3v) is 6.29. The smallest absolute Gasteiger partial charge is 0.317 e. The van der Waals surface area contributed by atoms with Crippen molar-refractivity contribution in [2.24, 2.45) is 5.92 Å². The van der Waals surface area contributed by atoms with Crippen LogP contribution >= 0.6 is 0 Å². The van der Waals surface area contributed by atoms with E-state index in [9.17, 15) is 9.59 Å². The maximum atomic E-state index is 12.7. The molecule has 2 aliphatic rings. The molecule has 2 fully saturated rings. The molecule has 0 spiro atoms. The number of nitrogens with zero attached hydrogens (tertiary/aromatic N) is 5. The summed E-state index contributed by atoms with van der Waals surface area (Å²) in [5.41, 5.74) is 0.986. The van der Waals surface area contributed by atoms with Gasteiger partial charge < -0.3 is 24.9 Å². The Labute approximate surface area is 180 Å². The minimum absolute atomic E-state index is 0.0503. The van der Waals surface area contributed by atoms with Gasteiger partial charge in [-0.15, -0.1) is 0 Å². The summed E-state index contributed by atoms with van der Waals surface area (Å²) in [6, 6.07) is 3.96. The van der Waals surface area contributed by atoms with E-state index in [1.165, 1.54) is 0 Å². The van der Waals surface area contributed by atoms with Gasteiger partial charge in [0.05, 0.1) is 0 Å². The van der Waals surface area contributed by atoms with E-state index in [1.807, 2.05) is 28.1 Å². The number of carbonyl (C=O) groups excluding carboxylic acids is 2. The van der Waals surface area contributed by atoms with Gasteiger partial charge in [-0.25, -0.2) is 9.78 Å². The Hall–Kier alpha value is -2.35. The quantitative estimate of drug-likeness (QED) is 0.763. The number of pyridine rings is 1. The van der Waals surface area contributed by atoms with Crippen LogP contribution in [0.3, 0.4) is 0 Å². The van der Waals surface area contributed by atoms with Gasteiger partial charge >= 0.3 is 6.03 Å². The highest BCUT2D eigenvalue weighted by Crippen LogP contribution is 2.20. The molecule has 166 valence electrons. The molecule has 8 nitrogen and oxygen atoms in total. The fourth-order valence-electron chi connectivity index (χ4n) is 4.16. The average molecular weight is 417 g/mol. The van der Waals surface area contributed by atoms with Crippen LogP contribution in [0.2, 0.25) is 0 Å². The Balaban J connectivity index is 1.41. The molecule has 3 rings (SSSR count). The lowest BCUT2D eigenvalue weighted by molar-refractivity contribution is -0.138. The van der Waals surface area contributed by atoms with E-state index in [2.05, 4.69) is 41.0 Å². The lowest BCUT2D eigenvalue weighted by atomic mass is 9.95. The van der Waals surface area contributed by atoms with Gasteiger partial charge in [-0.1, -0.05) is 6.07 Å². The van der Waals surface area contributed by atoms with Gasteiger partial charge in [-0.3, -0.25) is 4.79 Å². The molecule has 8 heteroatoms. The third kappa shape index (κ3) is 5.62. The number of aromatic nitrogens is 1. The number of rotatable bonds is 6. The summed E-state index contributed by atoms with van der Waals surface area (Å²) in [4.78, 5) is 38.1. The van der Waals surface area contributed by atoms with Crippen molar-refractivity contribution in [2.45, 2.75) is 33.2 Å². The zero-order valence-electron chi connectivity index (χ0n) is 18.6. The minimum atomic E-state index is -0.0617. The van der Waals surface area contributed by atoms with Gasteiger partial charge in [0, 0.05) is 71.0 Å². The molecule has 0 aromatic carbocycles. The zero-order chi connectivity index (χ0) is 21.5. The van der Waals surface area contributed by atoms with Gasteiger partial charge in [0.1, 0.15) is 5.82 Å². The lowest BCUT2D eigenvalue weighted by Crippen LogP contribution is -2.51. The highest BCUT2D eigenvalue weighted by Gasteiger charge is 2.31. The van der Waals surface area contributed by atoms with Crippen molar-refractivity contribution in [2.75, 3.05) is 64.3 Å². The van der Waals surface area contributed by atoms with Crippen molar-refractivity contribution in [1.29, 1.82) is 0 Å². The molecule has 0 bridgehead atoms. The van der Waals surface area contributed by atoms with E-state index < -0.39 is 0 Å². The van der Waals surface area contributed by atoms with Gasteiger partial charge in [0.15, 0.2) is 0 Å². The van der Waals surface area contributed by atoms with Crippen molar-refractivity contribution < 1.29 is 9.59 Å². The number of hydrogen-bond acceptors (Lipinski definition) is 5. The number of likely N-dealkylation sites (N-methyl/N-ethyl adjacent to an activating group) is 1. The number of anilines is 1. The first-order valence-corrected chi connectivity index (χ1v) is 11.2. The van der Waals surface area contributed by atoms with Crippen molar-refractivity contribution in [3.63, 3.8) is 0 Å². The molecule has 30 heavy (non-hydrogen) atoms. The second-order valence-corrected chi connectivity index (χ2v) is 8.25. The number of hydrogen-bond donors (Lipinski definition) is 1. The maximum Gasteiger partial charge on any atom is 0.317 e. The van der Waals surface area contributed by atoms with E-state index in [0.717, 1.165) is 63.5 Å². The van der Waals surface area contributed by atoms with Crippen molar-refractivity contribution in [3.8, 4) is 0 Å². The Kier molecular flexibility index (Phi) is 7.90. The number of amides is 3. The minimum Gasteiger partial charge on any atom is -0.357 e. The number of urea groups is 1. The van der Waals surface area contributed by atoms with Crippen molar-refractivity contribution >= 4 is 17.8 Å². The SMILES string of the molecule is CCN(CC)c1ccc(CNC(=O)N2CCC(C(=O)N3CCN(C)CC3)CC2)cn1. The first-order chi connectivity index (χ1) is 14.5. The van der Waals surface area contributed by atoms with Crippen LogP contribution < -0.4 is 10.2 Å². The first kappa shape index (κ1) is 22.3. The molecule has 3 heterocycles. The Morgan fingerprint density at radius 2 is 1.70 bits per heavy atom. The predicted octanol–water partition coefficient (Wildman–Crippen LogP) is 1.62. The summed E-state index contributed by atoms with van der Waals surface area (Å²) in [5, 5.41) is 2.99. The van der Waals surface area contributed by atoms with Crippen molar-refractivity contribution in [1.82, 2.24) is 25.0 Å². The standard InChI is InChI=1S/C22H36N6O2/c1-4-26(5-2)20-7-6-18(16-23-20)17-24-22(30)28-10-8-19(9-11-28)21(29)27-14-12-25(3)13-15-27/h6-7,16,19H,4-5,8-15,17H2,1-3H3,(H,24,30). The topological polar surface area (TPSA) is 72.0 Å². The second kappa shape index (κ2) is 10.6. The molecule has 2 aliphatic heterocycles. The largest absolute Gasteiger partial charge is 0.357 e. The summed E-state index contributed by atoms with van der Waals surface area (Å²) in [6.45, 7) is 11.3. The van der Waals surface area contributed by atoms with Gasteiger partial charge in [0.25, 0.3) is 0 Å². The fourth-order valence-corrected chi connectivity index (χ4v) is 4.16. The summed E-state index contributed by atoms with van der Waals surface area (Å²) in [7, 11) is 2.09. The maximum absolute atomic E-state index is 12.7. The summed E-state index contributed by atoms with van der Waals surface area (Å²) in [6.07, 6.45) is 3.33. The van der Waals surface area contributed by atoms with E-state index in [1.54, 1.807) is 0 Å². The molecule has 1 aromatic heterocycles. The summed E-state index contributed by atoms with van der Waals surface area (Å²) in [5.74, 6) is 1.28. The molecule has 0 saturated carbocycles. The van der Waals surface area contributed by atoms with Gasteiger partial charge in [0.2, 0.25) is 5.91 Å². The van der Waals surface area contributed by atoms with Crippen LogP contribution in [0.5, 0.6) is 0 Å². The monoisotopic (exact) mass is 416 g/mol. The molecule has 0 atom stereocenters. The second-order valence-electron chi connectivity index (χ2n) is 8.25. The van der Waals surface area contributed by atoms with E-state index >= 15 is 0 Å². The van der Waals surface area contributed by atoms with Crippen LogP contribution in [0.25, 0.3) is 0 Å². The third-order valence-electron chi connectivity index (χ3n) is 6.29. The number of piperazine rings is 1. The van der Waals surface area contributed by atoms with Crippen molar-refractivity contribution in [3.05, 3.63) is 23.9 Å². The normalized spacial score (nSPS) is 18.4. The molecule has 1 aromatic rings. The van der Waals surface area contributed by atoms with Gasteiger partial charge in [-0.05, 0) is 45.4 Å². The van der Waals surface area contributed by atoms with Crippen LogP contribution in [0.1, 0.15) is 32.3 Å². The van der Waals surface area contributed by atoms with Crippen LogP contribution in [0.15, 0.2) is 18.3 Å². The average Bonchev–Trinajstić information content (AvgIpc) is 2.79. The number of nitrogens with one attached hydrogen (secondary N) is 1. The van der Waals surface area contributed by atoms with Crippen LogP contribution in [0.4, 0.5) is 10.6 Å². The first-order valence-electron chi connectivity index (χ1n) is 11.2. The lowest BCUT2D eigenvalue weighted by Gasteiger charge is -2.37. The van der Waals surface area contributed by atoms with Crippen LogP contribution in [-0.4, -0.2) is 91.0 Å². The molecule has 1 N–H and O–H groups in total. The molecular weight excluding hydrogens is 380 g/mol. The van der Waals surface area contributed by atoms with Crippen LogP contribution in [0, 0.1) is 5.92 Å². The van der Waals surface area contributed by atoms with E-state index in [-0.39, 0.29) is 17.9 Å². The van der Waals surface area contributed by atoms with E-state index in [0.29, 0.717) is 19.6 Å². The Morgan fingerprint density at radius 1 is 1.03 bits per heavy atom. The molecule has 0 unspecified atom stereocenters. The molecule has 3 amide bonds. The molecule has 0 radical (unpaired) electrons. The molecular formula is C22H36N6O2. The summed E-state index contributed by atoms with van der Waals surface area (Å²) >= 11 is 0. The van der Waals surface area contributed by atoms with Gasteiger partial charge in [-0.2, -0.15) is 0 Å². The number of piperidine rings is 1. The van der Waals surface area contributed by atoms with E-state index in [4.69, 9.17) is 0 Å². The Morgan fingerprint density at radius 3 is 2.27 bits per heavy atom. The molecule has 2 saturated heterocycles. The summed E-state index contributed by atoms with van der Waals surface area (Å²) < 4.78 is 0. The Bertz CT molecular complexity index is 690. The zero-order valence-corrected chi connectivity index (χ0v) is 18.6. The predicted molar refractivity (Wildman–Crippen MR) is 118 cm³/mol. The highest BCUT2D eigenvalue weighted by atomic mass is 16.2. The number of carbonyl (C=O) groups is 2. The number of likely N-dealkylation sites (tertiary alicyclic amines) is 1. The molecule has 0 aliphatic carbocycles. The fraction of sp³-hybridized carbons (Fsp3) is 0.682. The van der Waals surface area contributed by atoms with Crippen LogP contribution in [-0.2, 0) is 11.3 Å². The highest BCUT2D eigenvalue weighted by molar-refractivity contribution is 5.80.